The van der Waals surface area contributed by atoms with E-state index in [0.29, 0.717) is 11.7 Å². The summed E-state index contributed by atoms with van der Waals surface area (Å²) >= 11 is 0. The van der Waals surface area contributed by atoms with Gasteiger partial charge in [0, 0.05) is 12.7 Å². The van der Waals surface area contributed by atoms with Gasteiger partial charge < -0.3 is 19.1 Å². The first-order chi connectivity index (χ1) is 9.89. The zero-order valence-electron chi connectivity index (χ0n) is 12.7. The van der Waals surface area contributed by atoms with Crippen molar-refractivity contribution in [3.05, 3.63) is 24.2 Å². The normalized spacial score (nSPS) is 11.4. The van der Waals surface area contributed by atoms with E-state index < -0.39 is 11.7 Å². The van der Waals surface area contributed by atoms with Crippen molar-refractivity contribution in [2.45, 2.75) is 46.4 Å². The van der Waals surface area contributed by atoms with E-state index in [-0.39, 0.29) is 6.54 Å². The third-order valence-corrected chi connectivity index (χ3v) is 2.65. The number of aromatic nitrogens is 3. The van der Waals surface area contributed by atoms with Crippen LogP contribution in [0.4, 0.5) is 4.79 Å². The second kappa shape index (κ2) is 5.99. The average molecular weight is 292 g/mol. The van der Waals surface area contributed by atoms with Crippen molar-refractivity contribution in [1.82, 2.24) is 20.0 Å². The minimum absolute atomic E-state index is 0.134. The zero-order valence-corrected chi connectivity index (χ0v) is 12.7. The van der Waals surface area contributed by atoms with E-state index in [2.05, 4.69) is 15.5 Å². The molecule has 2 rings (SSSR count). The van der Waals surface area contributed by atoms with Crippen LogP contribution in [-0.2, 0) is 17.8 Å². The van der Waals surface area contributed by atoms with E-state index in [9.17, 15) is 4.79 Å². The average Bonchev–Trinajstić information content (AvgIpc) is 3.02. The molecule has 2 heterocycles. The largest absolute Gasteiger partial charge is 0.444 e. The lowest BCUT2D eigenvalue weighted by molar-refractivity contribution is 0.0518. The van der Waals surface area contributed by atoms with Gasteiger partial charge in [0.05, 0.1) is 5.69 Å². The third kappa shape index (κ3) is 4.08. The van der Waals surface area contributed by atoms with Gasteiger partial charge in [0.25, 0.3) is 0 Å². The van der Waals surface area contributed by atoms with Gasteiger partial charge in [-0.25, -0.2) is 4.79 Å². The van der Waals surface area contributed by atoms with E-state index in [4.69, 9.17) is 9.26 Å². The molecule has 0 radical (unpaired) electrons. The smallest absolute Gasteiger partial charge is 0.408 e. The van der Waals surface area contributed by atoms with Gasteiger partial charge in [-0.05, 0) is 39.8 Å². The van der Waals surface area contributed by atoms with E-state index in [1.165, 1.54) is 0 Å². The van der Waals surface area contributed by atoms with Crippen molar-refractivity contribution in [2.75, 3.05) is 0 Å². The molecule has 1 amide bonds. The minimum Gasteiger partial charge on any atom is -0.444 e. The van der Waals surface area contributed by atoms with Crippen molar-refractivity contribution in [1.29, 1.82) is 0 Å². The molecule has 0 atom stereocenters. The van der Waals surface area contributed by atoms with Crippen LogP contribution in [0.3, 0.4) is 0 Å². The minimum atomic E-state index is -0.536. The monoisotopic (exact) mass is 292 g/mol. The van der Waals surface area contributed by atoms with Crippen LogP contribution < -0.4 is 5.32 Å². The van der Waals surface area contributed by atoms with Crippen molar-refractivity contribution in [3.63, 3.8) is 0 Å². The molecule has 0 aliphatic rings. The number of amides is 1. The molecular weight excluding hydrogens is 272 g/mol. The Bertz CT molecular complexity index is 610. The summed E-state index contributed by atoms with van der Waals surface area (Å²) in [6.07, 6.45) is 1.43. The highest BCUT2D eigenvalue weighted by atomic mass is 16.6. The Kier molecular flexibility index (Phi) is 4.30. The van der Waals surface area contributed by atoms with Gasteiger partial charge in [0.2, 0.25) is 11.7 Å². The van der Waals surface area contributed by atoms with E-state index in [0.717, 1.165) is 12.2 Å². The maximum Gasteiger partial charge on any atom is 0.408 e. The molecule has 0 aliphatic heterocycles. The van der Waals surface area contributed by atoms with E-state index >= 15 is 0 Å². The van der Waals surface area contributed by atoms with Crippen LogP contribution in [0.2, 0.25) is 0 Å². The van der Waals surface area contributed by atoms with Gasteiger partial charge in [0.15, 0.2) is 0 Å². The fraction of sp³-hybridized carbons (Fsp3) is 0.500. The summed E-state index contributed by atoms with van der Waals surface area (Å²) in [6, 6.07) is 3.84. The zero-order chi connectivity index (χ0) is 15.5. The highest BCUT2D eigenvalue weighted by Crippen LogP contribution is 2.16. The Hall–Kier alpha value is -2.31. The number of hydrogen-bond acceptors (Lipinski definition) is 5. The summed E-state index contributed by atoms with van der Waals surface area (Å²) < 4.78 is 12.3. The third-order valence-electron chi connectivity index (χ3n) is 2.65. The van der Waals surface area contributed by atoms with Gasteiger partial charge in [-0.15, -0.1) is 0 Å². The van der Waals surface area contributed by atoms with Gasteiger partial charge >= 0.3 is 6.09 Å². The maximum atomic E-state index is 11.5. The molecule has 0 aromatic carbocycles. The molecule has 0 spiro atoms. The number of ether oxygens (including phenoxy) is 1. The molecule has 0 unspecified atom stereocenters. The Balaban J connectivity index is 1.96. The highest BCUT2D eigenvalue weighted by molar-refractivity contribution is 5.67. The molecule has 114 valence electrons. The molecular formula is C14H20N4O3. The van der Waals surface area contributed by atoms with Gasteiger partial charge in [0.1, 0.15) is 12.1 Å². The Morgan fingerprint density at radius 2 is 2.24 bits per heavy atom. The molecule has 2 aromatic heterocycles. The standard InChI is InChI=1S/C14H20N4O3/c1-5-18-8-6-7-10(18)12-16-11(21-17-12)9-15-13(19)20-14(2,3)4/h6-8H,5,9H2,1-4H3,(H,15,19). The lowest BCUT2D eigenvalue weighted by Crippen LogP contribution is -2.32. The lowest BCUT2D eigenvalue weighted by Gasteiger charge is -2.19. The molecule has 7 nitrogen and oxygen atoms in total. The number of rotatable bonds is 4. The molecule has 0 saturated heterocycles. The predicted octanol–water partition coefficient (Wildman–Crippen LogP) is 2.58. The maximum absolute atomic E-state index is 11.5. The molecule has 7 heteroatoms. The Labute approximate surface area is 123 Å². The molecule has 0 aliphatic carbocycles. The second-order valence-electron chi connectivity index (χ2n) is 5.55. The van der Waals surface area contributed by atoms with Crippen LogP contribution in [0.1, 0.15) is 33.6 Å². The SMILES string of the molecule is CCn1cccc1-c1noc(CNC(=O)OC(C)(C)C)n1. The molecule has 1 N–H and O–H groups in total. The van der Waals surface area contributed by atoms with Crippen molar-refractivity contribution < 1.29 is 14.1 Å². The second-order valence-corrected chi connectivity index (χ2v) is 5.55. The summed E-state index contributed by atoms with van der Waals surface area (Å²) in [6.45, 7) is 8.40. The fourth-order valence-corrected chi connectivity index (χ4v) is 1.79. The molecule has 0 bridgehead atoms. The molecule has 0 saturated carbocycles. The number of aryl methyl sites for hydroxylation is 1. The number of nitrogens with zero attached hydrogens (tertiary/aromatic N) is 3. The first kappa shape index (κ1) is 15.1. The van der Waals surface area contributed by atoms with Gasteiger partial charge in [-0.1, -0.05) is 5.16 Å². The quantitative estimate of drug-likeness (QED) is 0.936. The summed E-state index contributed by atoms with van der Waals surface area (Å²) in [4.78, 5) is 15.8. The topological polar surface area (TPSA) is 82.2 Å². The number of carbonyl (C=O) groups excluding carboxylic acids is 1. The Morgan fingerprint density at radius 1 is 1.48 bits per heavy atom. The lowest BCUT2D eigenvalue weighted by atomic mass is 10.2. The highest BCUT2D eigenvalue weighted by Gasteiger charge is 2.17. The predicted molar refractivity (Wildman–Crippen MR) is 76.5 cm³/mol. The summed E-state index contributed by atoms with van der Waals surface area (Å²) in [5, 5.41) is 6.50. The summed E-state index contributed by atoms with van der Waals surface area (Å²) in [7, 11) is 0. The summed E-state index contributed by atoms with van der Waals surface area (Å²) in [5.74, 6) is 0.836. The Morgan fingerprint density at radius 3 is 2.90 bits per heavy atom. The molecule has 21 heavy (non-hydrogen) atoms. The molecule has 0 fully saturated rings. The van der Waals surface area contributed by atoms with E-state index in [1.807, 2.05) is 29.8 Å². The van der Waals surface area contributed by atoms with Crippen LogP contribution in [0.15, 0.2) is 22.9 Å². The van der Waals surface area contributed by atoms with Crippen LogP contribution in [0.25, 0.3) is 11.5 Å². The van der Waals surface area contributed by atoms with Crippen molar-refractivity contribution in [3.8, 4) is 11.5 Å². The van der Waals surface area contributed by atoms with Crippen LogP contribution in [0.5, 0.6) is 0 Å². The van der Waals surface area contributed by atoms with Crippen LogP contribution in [0, 0.1) is 0 Å². The molecule has 2 aromatic rings. The number of hydrogen-bond donors (Lipinski definition) is 1. The van der Waals surface area contributed by atoms with Crippen LogP contribution in [-0.4, -0.2) is 26.4 Å². The number of carbonyl (C=O) groups is 1. The van der Waals surface area contributed by atoms with Crippen molar-refractivity contribution in [2.24, 2.45) is 0 Å². The van der Waals surface area contributed by atoms with Gasteiger partial charge in [-0.2, -0.15) is 4.98 Å². The first-order valence-electron chi connectivity index (χ1n) is 6.84. The van der Waals surface area contributed by atoms with E-state index in [1.54, 1.807) is 20.8 Å². The number of alkyl carbamates (subject to hydrolysis) is 1. The van der Waals surface area contributed by atoms with Crippen molar-refractivity contribution >= 4 is 6.09 Å². The number of nitrogens with one attached hydrogen (secondary N) is 1. The first-order valence-corrected chi connectivity index (χ1v) is 6.84. The van der Waals surface area contributed by atoms with Crippen LogP contribution >= 0.6 is 0 Å². The van der Waals surface area contributed by atoms with Gasteiger partial charge in [-0.3, -0.25) is 0 Å². The summed E-state index contributed by atoms with van der Waals surface area (Å²) in [5.41, 5.74) is 0.344. The fourth-order valence-electron chi connectivity index (χ4n) is 1.79.